The molecular formula is C26H29NO4. The number of carbonyl (C=O) groups is 1. The molecule has 1 fully saturated rings. The molecule has 31 heavy (non-hydrogen) atoms. The fourth-order valence-electron chi connectivity index (χ4n) is 5.19. The second kappa shape index (κ2) is 7.72. The fourth-order valence-corrected chi connectivity index (χ4v) is 5.19. The summed E-state index contributed by atoms with van der Waals surface area (Å²) < 4.78 is 12.4. The molecule has 2 N–H and O–H groups in total. The van der Waals surface area contributed by atoms with Crippen molar-refractivity contribution in [2.75, 3.05) is 0 Å². The predicted molar refractivity (Wildman–Crippen MR) is 119 cm³/mol. The zero-order valence-corrected chi connectivity index (χ0v) is 18.2. The van der Waals surface area contributed by atoms with E-state index >= 15 is 0 Å². The molecule has 2 heterocycles. The highest BCUT2D eigenvalue weighted by molar-refractivity contribution is 6.00. The first-order chi connectivity index (χ1) is 15.0. The van der Waals surface area contributed by atoms with E-state index < -0.39 is 6.10 Å². The van der Waals surface area contributed by atoms with Crippen molar-refractivity contribution in [3.8, 4) is 5.75 Å². The van der Waals surface area contributed by atoms with Crippen LogP contribution >= 0.6 is 0 Å². The Morgan fingerprint density at radius 3 is 2.58 bits per heavy atom. The van der Waals surface area contributed by atoms with Crippen molar-refractivity contribution >= 4 is 16.9 Å². The van der Waals surface area contributed by atoms with Crippen LogP contribution in [0.25, 0.3) is 11.0 Å². The minimum absolute atomic E-state index is 0.252. The van der Waals surface area contributed by atoms with Crippen molar-refractivity contribution in [2.24, 2.45) is 0 Å². The van der Waals surface area contributed by atoms with Crippen LogP contribution in [0.3, 0.4) is 0 Å². The molecule has 5 rings (SSSR count). The second-order valence-electron chi connectivity index (χ2n) is 9.14. The Bertz CT molecular complexity index is 1120. The van der Waals surface area contributed by atoms with Gasteiger partial charge >= 0.3 is 0 Å². The summed E-state index contributed by atoms with van der Waals surface area (Å²) >= 11 is 0. The zero-order valence-electron chi connectivity index (χ0n) is 18.2. The summed E-state index contributed by atoms with van der Waals surface area (Å²) in [5.41, 5.74) is 4.07. The Kier molecular flexibility index (Phi) is 5.01. The molecule has 0 saturated heterocycles. The van der Waals surface area contributed by atoms with Gasteiger partial charge in [0.1, 0.15) is 16.9 Å². The number of ether oxygens (including phenoxy) is 1. The lowest BCUT2D eigenvalue weighted by atomic mass is 9.77. The molecule has 2 aliphatic rings. The van der Waals surface area contributed by atoms with Gasteiger partial charge in [0, 0.05) is 29.5 Å². The third-order valence-corrected chi connectivity index (χ3v) is 6.86. The number of amides is 1. The summed E-state index contributed by atoms with van der Waals surface area (Å²) in [5.74, 6) is 0.766. The average Bonchev–Trinajstić information content (AvgIpc) is 3.10. The van der Waals surface area contributed by atoms with Gasteiger partial charge in [0.25, 0.3) is 5.91 Å². The molecule has 0 bridgehead atoms. The maximum absolute atomic E-state index is 12.9. The van der Waals surface area contributed by atoms with Crippen molar-refractivity contribution < 1.29 is 19.1 Å². The van der Waals surface area contributed by atoms with E-state index in [-0.39, 0.29) is 11.5 Å². The number of fused-ring (bicyclic) bond motifs is 3. The molecule has 1 aliphatic heterocycles. The van der Waals surface area contributed by atoms with E-state index in [4.69, 9.17) is 9.15 Å². The minimum Gasteiger partial charge on any atom is -0.487 e. The van der Waals surface area contributed by atoms with Crippen molar-refractivity contribution in [3.63, 3.8) is 0 Å². The molecule has 2 aromatic carbocycles. The second-order valence-corrected chi connectivity index (χ2v) is 9.14. The van der Waals surface area contributed by atoms with E-state index in [0.717, 1.165) is 53.5 Å². The molecule has 1 atom stereocenters. The topological polar surface area (TPSA) is 71.7 Å². The summed E-state index contributed by atoms with van der Waals surface area (Å²) in [6.45, 7) is 4.35. The number of hydrogen-bond donors (Lipinski definition) is 2. The molecule has 3 aromatic rings. The molecule has 5 heteroatoms. The molecular weight excluding hydrogens is 390 g/mol. The standard InChI is InChI=1S/C26H29NO4/c1-16-6-8-18(9-7-16)15-27-25(29)24-17(2)22-20(30-24)10-11-21-23(22)19(28)14-26(31-21)12-4-3-5-13-26/h6-11,19,28H,3-5,12-15H2,1-2H3,(H,27,29)/t19-/m1/s1. The third-order valence-electron chi connectivity index (χ3n) is 6.86. The molecule has 0 radical (unpaired) electrons. The van der Waals surface area contributed by atoms with Crippen LogP contribution in [0.4, 0.5) is 0 Å². The Morgan fingerprint density at radius 2 is 1.84 bits per heavy atom. The van der Waals surface area contributed by atoms with E-state index in [1.54, 1.807) is 0 Å². The van der Waals surface area contributed by atoms with Gasteiger partial charge in [-0.1, -0.05) is 36.2 Å². The van der Waals surface area contributed by atoms with E-state index in [2.05, 4.69) is 5.32 Å². The number of nitrogens with one attached hydrogen (secondary N) is 1. The van der Waals surface area contributed by atoms with E-state index in [9.17, 15) is 9.90 Å². The van der Waals surface area contributed by atoms with Crippen LogP contribution in [-0.4, -0.2) is 16.6 Å². The van der Waals surface area contributed by atoms with E-state index in [1.165, 1.54) is 12.0 Å². The number of aryl methyl sites for hydroxylation is 2. The SMILES string of the molecule is Cc1ccc(CNC(=O)c2oc3ccc4c(c3c2C)[C@H](O)CC2(CCCCC2)O4)cc1. The highest BCUT2D eigenvalue weighted by Crippen LogP contribution is 2.49. The Labute approximate surface area is 182 Å². The molecule has 0 unspecified atom stereocenters. The van der Waals surface area contributed by atoms with Crippen LogP contribution in [0.1, 0.15) is 77.4 Å². The number of furan rings is 1. The van der Waals surface area contributed by atoms with Crippen LogP contribution in [0, 0.1) is 13.8 Å². The Morgan fingerprint density at radius 1 is 1.10 bits per heavy atom. The van der Waals surface area contributed by atoms with Crippen molar-refractivity contribution in [2.45, 2.75) is 70.6 Å². The summed E-state index contributed by atoms with van der Waals surface area (Å²) in [4.78, 5) is 12.9. The number of benzene rings is 2. The monoisotopic (exact) mass is 419 g/mol. The maximum Gasteiger partial charge on any atom is 0.287 e. The number of aliphatic hydroxyl groups excluding tert-OH is 1. The van der Waals surface area contributed by atoms with Crippen molar-refractivity contribution in [1.82, 2.24) is 5.32 Å². The Hall–Kier alpha value is -2.79. The fraction of sp³-hybridized carbons (Fsp3) is 0.423. The van der Waals surface area contributed by atoms with Gasteiger partial charge in [-0.3, -0.25) is 4.79 Å². The Balaban J connectivity index is 1.44. The van der Waals surface area contributed by atoms with E-state index in [0.29, 0.717) is 24.3 Å². The molecule has 1 spiro atoms. The van der Waals surface area contributed by atoms with Crippen LogP contribution in [0.5, 0.6) is 5.75 Å². The first-order valence-electron chi connectivity index (χ1n) is 11.2. The van der Waals surface area contributed by atoms with Gasteiger partial charge in [-0.25, -0.2) is 0 Å². The smallest absolute Gasteiger partial charge is 0.287 e. The highest BCUT2D eigenvalue weighted by Gasteiger charge is 2.42. The lowest BCUT2D eigenvalue weighted by Gasteiger charge is -2.43. The number of hydrogen-bond acceptors (Lipinski definition) is 4. The van der Waals surface area contributed by atoms with Gasteiger partial charge in [0.2, 0.25) is 0 Å². The lowest BCUT2D eigenvalue weighted by molar-refractivity contribution is -0.0373. The normalized spacial score (nSPS) is 19.8. The van der Waals surface area contributed by atoms with Crippen molar-refractivity contribution in [1.29, 1.82) is 0 Å². The molecule has 1 aliphatic carbocycles. The van der Waals surface area contributed by atoms with Gasteiger partial charge in [0.05, 0.1) is 6.10 Å². The first kappa shape index (κ1) is 20.1. The number of aliphatic hydroxyl groups is 1. The largest absolute Gasteiger partial charge is 0.487 e. The van der Waals surface area contributed by atoms with Crippen LogP contribution in [0.2, 0.25) is 0 Å². The summed E-state index contributed by atoms with van der Waals surface area (Å²) in [7, 11) is 0. The van der Waals surface area contributed by atoms with Gasteiger partial charge in [-0.05, 0) is 57.2 Å². The summed E-state index contributed by atoms with van der Waals surface area (Å²) in [6.07, 6.45) is 5.45. The lowest BCUT2D eigenvalue weighted by Crippen LogP contribution is -2.42. The van der Waals surface area contributed by atoms with Crippen LogP contribution < -0.4 is 10.1 Å². The molecule has 1 saturated carbocycles. The highest BCUT2D eigenvalue weighted by atomic mass is 16.5. The number of carbonyl (C=O) groups excluding carboxylic acids is 1. The van der Waals surface area contributed by atoms with E-state index in [1.807, 2.05) is 50.2 Å². The van der Waals surface area contributed by atoms with Gasteiger partial charge in [-0.15, -0.1) is 0 Å². The predicted octanol–water partition coefficient (Wildman–Crippen LogP) is 5.50. The first-order valence-corrected chi connectivity index (χ1v) is 11.2. The van der Waals surface area contributed by atoms with Crippen LogP contribution in [0.15, 0.2) is 40.8 Å². The van der Waals surface area contributed by atoms with Crippen LogP contribution in [-0.2, 0) is 6.54 Å². The molecule has 162 valence electrons. The summed E-state index contributed by atoms with van der Waals surface area (Å²) in [5, 5.41) is 14.9. The summed E-state index contributed by atoms with van der Waals surface area (Å²) in [6, 6.07) is 11.8. The number of rotatable bonds is 3. The molecule has 1 amide bonds. The molecule has 1 aromatic heterocycles. The quantitative estimate of drug-likeness (QED) is 0.588. The zero-order chi connectivity index (χ0) is 21.6. The third kappa shape index (κ3) is 3.61. The van der Waals surface area contributed by atoms with Gasteiger partial charge in [0.15, 0.2) is 5.76 Å². The maximum atomic E-state index is 12.9. The van der Waals surface area contributed by atoms with Crippen molar-refractivity contribution in [3.05, 3.63) is 64.4 Å². The molecule has 5 nitrogen and oxygen atoms in total. The minimum atomic E-state index is -0.620. The van der Waals surface area contributed by atoms with Gasteiger partial charge in [-0.2, -0.15) is 0 Å². The average molecular weight is 420 g/mol. The van der Waals surface area contributed by atoms with Gasteiger partial charge < -0.3 is 19.6 Å².